The van der Waals surface area contributed by atoms with Crippen LogP contribution in [-0.2, 0) is 88.2 Å². The van der Waals surface area contributed by atoms with Crippen LogP contribution in [0, 0.1) is 0 Å². The Balaban J connectivity index is -0.000000333. The molecule has 0 unspecified atom stereocenters. The predicted molar refractivity (Wildman–Crippen MR) is 108 cm³/mol. The fourth-order valence-corrected chi connectivity index (χ4v) is 7.38. The molecule has 0 atom stereocenters. The van der Waals surface area contributed by atoms with Crippen LogP contribution in [-0.4, -0.2) is 24.4 Å². The summed E-state index contributed by atoms with van der Waals surface area (Å²) in [6, 6.07) is 0. The Kier molecular flexibility index (Phi) is 19.6. The molecule has 0 saturated heterocycles. The maximum atomic E-state index is 5.27. The molecule has 0 rings (SSSR count). The summed E-state index contributed by atoms with van der Waals surface area (Å²) in [4.78, 5) is 0. The second-order valence-electron chi connectivity index (χ2n) is 5.51. The molecule has 0 N–H and O–H groups in total. The standard InChI is InChI=1S/2C6H15O2PS2.Pt/c2*1-5(2)7-9(10,11)8-6(3)4;/h2*5-6H,1-4H3,(H,10,11);/q;;+4/p-2. The van der Waals surface area contributed by atoms with E-state index in [-0.39, 0.29) is 45.5 Å². The Morgan fingerprint density at radius 2 is 0.609 bits per heavy atom. The van der Waals surface area contributed by atoms with Crippen molar-refractivity contribution in [3.8, 4) is 0 Å². The van der Waals surface area contributed by atoms with E-state index in [1.165, 1.54) is 0 Å². The first-order valence-electron chi connectivity index (χ1n) is 7.02. The molecule has 0 spiro atoms. The number of hydrogen-bond acceptors (Lipinski definition) is 8. The first kappa shape index (κ1) is 30.5. The zero-order valence-corrected chi connectivity index (χ0v) is 22.1. The van der Waals surface area contributed by atoms with Gasteiger partial charge in [0.2, 0.25) is 0 Å². The molecule has 0 aromatic heterocycles. The van der Waals surface area contributed by atoms with Crippen LogP contribution in [0.4, 0.5) is 0 Å². The maximum Gasteiger partial charge on any atom is 4.00 e. The average Bonchev–Trinajstić information content (AvgIpc) is 2.06. The van der Waals surface area contributed by atoms with Gasteiger partial charge in [0, 0.05) is 12.2 Å². The zero-order chi connectivity index (χ0) is 18.1. The van der Waals surface area contributed by atoms with Gasteiger partial charge in [-0.15, -0.1) is 0 Å². The monoisotopic (exact) mass is 621 g/mol. The second kappa shape index (κ2) is 14.8. The Morgan fingerprint density at radius 1 is 0.478 bits per heavy atom. The molecule has 0 aliphatic carbocycles. The molecular formula is C12H28O4P2PtS4+2. The quantitative estimate of drug-likeness (QED) is 0.270. The van der Waals surface area contributed by atoms with Gasteiger partial charge in [-0.2, -0.15) is 0 Å². The van der Waals surface area contributed by atoms with E-state index in [0.717, 1.165) is 0 Å². The van der Waals surface area contributed by atoms with Crippen LogP contribution in [0.5, 0.6) is 0 Å². The summed E-state index contributed by atoms with van der Waals surface area (Å²) < 4.78 is 21.1. The first-order valence-corrected chi connectivity index (χ1v) is 14.3. The van der Waals surface area contributed by atoms with Crippen molar-refractivity contribution < 1.29 is 39.2 Å². The summed E-state index contributed by atoms with van der Waals surface area (Å²) in [7, 11) is 0. The number of rotatable bonds is 8. The van der Waals surface area contributed by atoms with Gasteiger partial charge in [0.15, 0.2) is 0 Å². The van der Waals surface area contributed by atoms with Gasteiger partial charge >= 0.3 is 21.1 Å². The molecule has 0 saturated carbocycles. The fraction of sp³-hybridized carbons (Fsp3) is 1.00. The van der Waals surface area contributed by atoms with Crippen molar-refractivity contribution in [2.45, 2.75) is 79.8 Å². The Labute approximate surface area is 179 Å². The molecule has 23 heavy (non-hydrogen) atoms. The second-order valence-corrected chi connectivity index (χ2v) is 15.3. The van der Waals surface area contributed by atoms with E-state index in [0.29, 0.717) is 0 Å². The third-order valence-electron chi connectivity index (χ3n) is 1.36. The van der Waals surface area contributed by atoms with Crippen molar-refractivity contribution in [3.05, 3.63) is 0 Å². The SMILES string of the molecule is CC(C)O[P+]([S-])([S-])OC(C)C.CC(C)O[P+]([S-])([S-])OC(C)C.[Pt+4]. The fourth-order valence-electron chi connectivity index (χ4n) is 1.08. The van der Waals surface area contributed by atoms with Crippen molar-refractivity contribution in [2.24, 2.45) is 0 Å². The summed E-state index contributed by atoms with van der Waals surface area (Å²) in [5, 5.41) is 0. The van der Waals surface area contributed by atoms with Crippen LogP contribution in [0.15, 0.2) is 0 Å². The van der Waals surface area contributed by atoms with Crippen molar-refractivity contribution >= 4 is 61.2 Å². The van der Waals surface area contributed by atoms with Crippen molar-refractivity contribution in [3.63, 3.8) is 0 Å². The van der Waals surface area contributed by atoms with Crippen molar-refractivity contribution in [2.75, 3.05) is 0 Å². The van der Waals surface area contributed by atoms with Gasteiger partial charge in [0.25, 0.3) is 0 Å². The van der Waals surface area contributed by atoms with Crippen molar-refractivity contribution in [1.82, 2.24) is 0 Å². The zero-order valence-electron chi connectivity index (χ0n) is 14.8. The first-order chi connectivity index (χ1) is 9.67. The van der Waals surface area contributed by atoms with Crippen LogP contribution >= 0.6 is 12.2 Å². The molecular weight excluding hydrogens is 593 g/mol. The van der Waals surface area contributed by atoms with Gasteiger partial charge < -0.3 is 49.0 Å². The summed E-state index contributed by atoms with van der Waals surface area (Å²) >= 11 is 19.9. The van der Waals surface area contributed by atoms with Gasteiger partial charge in [-0.3, -0.25) is 0 Å². The molecule has 0 amide bonds. The molecule has 0 aliphatic rings. The summed E-state index contributed by atoms with van der Waals surface area (Å²) in [6.45, 7) is 15.2. The summed E-state index contributed by atoms with van der Waals surface area (Å²) in [6.07, 6.45) is -4.56. The number of hydrogen-bond donors (Lipinski definition) is 0. The van der Waals surface area contributed by atoms with Crippen LogP contribution in [0.2, 0.25) is 0 Å². The minimum absolute atomic E-state index is 0. The van der Waals surface area contributed by atoms with Gasteiger partial charge in [0.1, 0.15) is 0 Å². The Bertz CT molecular complexity index is 244. The van der Waals surface area contributed by atoms with Crippen LogP contribution in [0.3, 0.4) is 0 Å². The minimum Gasteiger partial charge on any atom is -0.515 e. The predicted octanol–water partition coefficient (Wildman–Crippen LogP) is 5.21. The molecule has 0 aromatic rings. The van der Waals surface area contributed by atoms with Crippen molar-refractivity contribution in [1.29, 1.82) is 0 Å². The van der Waals surface area contributed by atoms with Gasteiger partial charge in [-0.25, -0.2) is 18.1 Å². The average molecular weight is 622 g/mol. The molecule has 11 heteroatoms. The maximum absolute atomic E-state index is 5.27. The normalized spacial score (nSPS) is 12.5. The minimum atomic E-state index is -2.39. The molecule has 4 nitrogen and oxygen atoms in total. The Hall–Kier alpha value is 2.79. The van der Waals surface area contributed by atoms with Crippen LogP contribution in [0.1, 0.15) is 55.4 Å². The van der Waals surface area contributed by atoms with E-state index in [1.54, 1.807) is 0 Å². The molecule has 0 aromatic carbocycles. The van der Waals surface area contributed by atoms with Crippen LogP contribution in [0.25, 0.3) is 0 Å². The summed E-state index contributed by atoms with van der Waals surface area (Å²) in [5.41, 5.74) is 0. The van der Waals surface area contributed by atoms with Crippen LogP contribution < -0.4 is 0 Å². The molecule has 0 heterocycles. The van der Waals surface area contributed by atoms with Gasteiger partial charge in [-0.1, -0.05) is 0 Å². The van der Waals surface area contributed by atoms with E-state index in [9.17, 15) is 0 Å². The Morgan fingerprint density at radius 3 is 0.696 bits per heavy atom. The molecule has 0 bridgehead atoms. The summed E-state index contributed by atoms with van der Waals surface area (Å²) in [5.74, 6) is 0. The van der Waals surface area contributed by atoms with Gasteiger partial charge in [0.05, 0.1) is 24.4 Å². The topological polar surface area (TPSA) is 36.9 Å². The van der Waals surface area contributed by atoms with E-state index in [1.807, 2.05) is 55.4 Å². The van der Waals surface area contributed by atoms with E-state index >= 15 is 0 Å². The smallest absolute Gasteiger partial charge is 0.515 e. The van der Waals surface area contributed by atoms with E-state index < -0.39 is 12.2 Å². The van der Waals surface area contributed by atoms with E-state index in [2.05, 4.69) is 0 Å². The van der Waals surface area contributed by atoms with E-state index in [4.69, 9.17) is 67.1 Å². The van der Waals surface area contributed by atoms with Gasteiger partial charge in [-0.05, 0) is 55.4 Å². The largest absolute Gasteiger partial charge is 4.00 e. The third kappa shape index (κ3) is 24.8. The molecule has 142 valence electrons. The third-order valence-corrected chi connectivity index (χ3v) is 6.14. The molecule has 0 radical (unpaired) electrons. The molecule has 0 fully saturated rings. The molecule has 0 aliphatic heterocycles.